The minimum atomic E-state index is -1.05. The summed E-state index contributed by atoms with van der Waals surface area (Å²) in [6.45, 7) is 4.72. The van der Waals surface area contributed by atoms with E-state index < -0.39 is 17.9 Å². The topological polar surface area (TPSA) is 101 Å². The Balaban J connectivity index is 1.58. The van der Waals surface area contributed by atoms with Crippen LogP contribution in [0.15, 0.2) is 78.2 Å². The van der Waals surface area contributed by atoms with Gasteiger partial charge < -0.3 is 24.8 Å². The highest BCUT2D eigenvalue weighted by Crippen LogP contribution is 2.36. The first-order valence-electron chi connectivity index (χ1n) is 12.9. The highest BCUT2D eigenvalue weighted by molar-refractivity contribution is 7.14. The second-order valence-corrected chi connectivity index (χ2v) is 10.5. The lowest BCUT2D eigenvalue weighted by Crippen LogP contribution is -2.44. The number of methoxy groups -OCH3 is 2. The molecule has 0 aliphatic heterocycles. The molecule has 2 N–H and O–H groups in total. The SMILES string of the molecule is COc1ccc(OC)c(-c2csc(N(Cc3ccccc3)Cc3ccc(C(=O)NC(C(=O)O)C(C)C)cc3)n2)c1. The summed E-state index contributed by atoms with van der Waals surface area (Å²) in [5.74, 6) is -0.258. The molecule has 208 valence electrons. The lowest BCUT2D eigenvalue weighted by molar-refractivity contribution is -0.140. The van der Waals surface area contributed by atoms with Crippen LogP contribution in [-0.4, -0.2) is 42.2 Å². The number of aromatic nitrogens is 1. The molecule has 8 nitrogen and oxygen atoms in total. The van der Waals surface area contributed by atoms with E-state index in [1.807, 2.05) is 53.9 Å². The van der Waals surface area contributed by atoms with Crippen LogP contribution >= 0.6 is 11.3 Å². The zero-order valence-electron chi connectivity index (χ0n) is 23.0. The van der Waals surface area contributed by atoms with E-state index in [9.17, 15) is 14.7 Å². The molecular formula is C31H33N3O5S. The minimum absolute atomic E-state index is 0.229. The third kappa shape index (κ3) is 6.98. The van der Waals surface area contributed by atoms with Crippen molar-refractivity contribution < 1.29 is 24.2 Å². The molecule has 0 saturated carbocycles. The van der Waals surface area contributed by atoms with Gasteiger partial charge >= 0.3 is 5.97 Å². The molecule has 1 amide bonds. The van der Waals surface area contributed by atoms with E-state index >= 15 is 0 Å². The fourth-order valence-electron chi connectivity index (χ4n) is 4.26. The van der Waals surface area contributed by atoms with Gasteiger partial charge in [-0.05, 0) is 47.4 Å². The first-order valence-corrected chi connectivity index (χ1v) is 13.8. The van der Waals surface area contributed by atoms with Crippen molar-refractivity contribution >= 4 is 28.3 Å². The standard InChI is InChI=1S/C31H33N3O5S/c1-20(2)28(30(36)37)33-29(35)23-12-10-22(11-13-23)18-34(17-21-8-6-5-7-9-21)31-32-26(19-40-31)25-16-24(38-3)14-15-27(25)39-4/h5-16,19-20,28H,17-18H2,1-4H3,(H,33,35)(H,36,37). The van der Waals surface area contributed by atoms with Gasteiger partial charge in [0.1, 0.15) is 17.5 Å². The van der Waals surface area contributed by atoms with Gasteiger partial charge in [0, 0.05) is 29.6 Å². The van der Waals surface area contributed by atoms with Gasteiger partial charge in [0.15, 0.2) is 5.13 Å². The van der Waals surface area contributed by atoms with E-state index in [4.69, 9.17) is 14.5 Å². The molecule has 0 radical (unpaired) electrons. The molecule has 1 aromatic heterocycles. The second kappa shape index (κ2) is 13.1. The number of nitrogens with one attached hydrogen (secondary N) is 1. The van der Waals surface area contributed by atoms with Crippen molar-refractivity contribution in [1.29, 1.82) is 0 Å². The van der Waals surface area contributed by atoms with Gasteiger partial charge in [-0.2, -0.15) is 0 Å². The van der Waals surface area contributed by atoms with Gasteiger partial charge in [-0.3, -0.25) is 4.79 Å². The fourth-order valence-corrected chi connectivity index (χ4v) is 5.09. The van der Waals surface area contributed by atoms with Crippen LogP contribution in [0, 0.1) is 5.92 Å². The maximum Gasteiger partial charge on any atom is 0.326 e. The van der Waals surface area contributed by atoms with E-state index in [0.29, 0.717) is 24.4 Å². The quantitative estimate of drug-likeness (QED) is 0.224. The monoisotopic (exact) mass is 559 g/mol. The lowest BCUT2D eigenvalue weighted by atomic mass is 10.0. The number of rotatable bonds is 12. The largest absolute Gasteiger partial charge is 0.497 e. The Morgan fingerprint density at radius 3 is 2.23 bits per heavy atom. The molecule has 4 rings (SSSR count). The average Bonchev–Trinajstić information content (AvgIpc) is 3.46. The Labute approximate surface area is 238 Å². The van der Waals surface area contributed by atoms with Gasteiger partial charge in [-0.25, -0.2) is 9.78 Å². The number of amides is 1. The molecular weight excluding hydrogens is 526 g/mol. The van der Waals surface area contributed by atoms with E-state index in [1.165, 1.54) is 0 Å². The van der Waals surface area contributed by atoms with E-state index in [-0.39, 0.29) is 5.92 Å². The molecule has 1 unspecified atom stereocenters. The van der Waals surface area contributed by atoms with Crippen LogP contribution in [0.2, 0.25) is 0 Å². The first kappa shape index (κ1) is 28.6. The number of nitrogens with zero attached hydrogens (tertiary/aromatic N) is 2. The highest BCUT2D eigenvalue weighted by atomic mass is 32.1. The van der Waals surface area contributed by atoms with Gasteiger partial charge in [0.05, 0.1) is 19.9 Å². The maximum absolute atomic E-state index is 12.7. The van der Waals surface area contributed by atoms with E-state index in [2.05, 4.69) is 22.3 Å². The number of aliphatic carboxylic acids is 1. The molecule has 9 heteroatoms. The number of thiazole rings is 1. The maximum atomic E-state index is 12.7. The fraction of sp³-hybridized carbons (Fsp3) is 0.258. The number of benzene rings is 3. The van der Waals surface area contributed by atoms with Crippen molar-refractivity contribution in [3.8, 4) is 22.8 Å². The van der Waals surface area contributed by atoms with E-state index in [1.54, 1.807) is 51.5 Å². The number of anilines is 1. The molecule has 0 aliphatic carbocycles. The number of carbonyl (C=O) groups excluding carboxylic acids is 1. The minimum Gasteiger partial charge on any atom is -0.497 e. The number of carboxylic acids is 1. The van der Waals surface area contributed by atoms with Crippen molar-refractivity contribution in [1.82, 2.24) is 10.3 Å². The van der Waals surface area contributed by atoms with Gasteiger partial charge in [-0.1, -0.05) is 56.3 Å². The van der Waals surface area contributed by atoms with E-state index in [0.717, 1.165) is 33.3 Å². The summed E-state index contributed by atoms with van der Waals surface area (Å²) in [6.07, 6.45) is 0. The van der Waals surface area contributed by atoms with Crippen molar-refractivity contribution in [2.45, 2.75) is 33.0 Å². The zero-order valence-corrected chi connectivity index (χ0v) is 23.8. The van der Waals surface area contributed by atoms with Crippen molar-refractivity contribution in [3.63, 3.8) is 0 Å². The van der Waals surface area contributed by atoms with Crippen molar-refractivity contribution in [2.75, 3.05) is 19.1 Å². The summed E-state index contributed by atoms with van der Waals surface area (Å²) >= 11 is 1.54. The molecule has 0 saturated heterocycles. The summed E-state index contributed by atoms with van der Waals surface area (Å²) in [6, 6.07) is 22.1. The normalized spacial score (nSPS) is 11.6. The molecule has 0 spiro atoms. The number of carboxylic acid groups (broad SMARTS) is 1. The Bertz CT molecular complexity index is 1440. The predicted octanol–water partition coefficient (Wildman–Crippen LogP) is 5.87. The molecule has 40 heavy (non-hydrogen) atoms. The molecule has 0 fully saturated rings. The second-order valence-electron chi connectivity index (χ2n) is 9.65. The summed E-state index contributed by atoms with van der Waals surface area (Å²) in [4.78, 5) is 31.3. The van der Waals surface area contributed by atoms with Crippen LogP contribution in [0.3, 0.4) is 0 Å². The van der Waals surface area contributed by atoms with Crippen molar-refractivity contribution in [3.05, 3.63) is 94.9 Å². The van der Waals surface area contributed by atoms with Crippen LogP contribution in [0.1, 0.15) is 35.3 Å². The molecule has 0 bridgehead atoms. The van der Waals surface area contributed by atoms with Crippen molar-refractivity contribution in [2.24, 2.45) is 5.92 Å². The number of hydrogen-bond acceptors (Lipinski definition) is 7. The number of ether oxygens (including phenoxy) is 2. The molecule has 1 heterocycles. The van der Waals surface area contributed by atoms with Gasteiger partial charge in [-0.15, -0.1) is 11.3 Å². The first-order chi connectivity index (χ1) is 19.3. The highest BCUT2D eigenvalue weighted by Gasteiger charge is 2.24. The number of hydrogen-bond donors (Lipinski definition) is 2. The van der Waals surface area contributed by atoms with Crippen LogP contribution in [0.5, 0.6) is 11.5 Å². The molecule has 4 aromatic rings. The van der Waals surface area contributed by atoms with Gasteiger partial charge in [0.2, 0.25) is 0 Å². The lowest BCUT2D eigenvalue weighted by Gasteiger charge is -2.22. The van der Waals surface area contributed by atoms with Crippen LogP contribution in [0.25, 0.3) is 11.3 Å². The number of carbonyl (C=O) groups is 2. The summed E-state index contributed by atoms with van der Waals surface area (Å²) in [7, 11) is 3.26. The smallest absolute Gasteiger partial charge is 0.326 e. The Morgan fingerprint density at radius 2 is 1.62 bits per heavy atom. The summed E-state index contributed by atoms with van der Waals surface area (Å²) in [5, 5.41) is 14.9. The summed E-state index contributed by atoms with van der Waals surface area (Å²) in [5.41, 5.74) is 4.18. The van der Waals surface area contributed by atoms with Crippen LogP contribution in [0.4, 0.5) is 5.13 Å². The molecule has 0 aliphatic rings. The molecule has 1 atom stereocenters. The third-order valence-corrected chi connectivity index (χ3v) is 7.37. The molecule has 3 aromatic carbocycles. The average molecular weight is 560 g/mol. The predicted molar refractivity (Wildman–Crippen MR) is 157 cm³/mol. The zero-order chi connectivity index (χ0) is 28.6. The Kier molecular flexibility index (Phi) is 9.39. The Morgan fingerprint density at radius 1 is 0.950 bits per heavy atom. The van der Waals surface area contributed by atoms with Gasteiger partial charge in [0.25, 0.3) is 5.91 Å². The summed E-state index contributed by atoms with van der Waals surface area (Å²) < 4.78 is 11.0. The van der Waals surface area contributed by atoms with Crippen LogP contribution in [-0.2, 0) is 17.9 Å². The Hall–Kier alpha value is -4.37. The van der Waals surface area contributed by atoms with Crippen LogP contribution < -0.4 is 19.7 Å². The third-order valence-electron chi connectivity index (χ3n) is 6.47.